The quantitative estimate of drug-likeness (QED) is 0.669. The summed E-state index contributed by atoms with van der Waals surface area (Å²) in [5.74, 6) is 0. The Kier molecular flexibility index (Phi) is 13.0. The van der Waals surface area contributed by atoms with Crippen molar-refractivity contribution in [2.45, 2.75) is 85.2 Å². The van der Waals surface area contributed by atoms with Gasteiger partial charge >= 0.3 is 26.5 Å². The Bertz CT molecular complexity index is 199. The zero-order valence-corrected chi connectivity index (χ0v) is 14.3. The van der Waals surface area contributed by atoms with E-state index in [1.807, 2.05) is 0 Å². The summed E-state index contributed by atoms with van der Waals surface area (Å²) in [7, 11) is 0. The zero-order chi connectivity index (χ0) is 14.7. The van der Waals surface area contributed by atoms with Crippen molar-refractivity contribution >= 4 is 0 Å². The molecule has 0 aromatic rings. The fourth-order valence-electron chi connectivity index (χ4n) is 3.01. The summed E-state index contributed by atoms with van der Waals surface area (Å²) in [5, 5.41) is 10.8. The van der Waals surface area contributed by atoms with Gasteiger partial charge in [-0.1, -0.05) is 47.5 Å². The Hall–Kier alpha value is 0.434. The van der Waals surface area contributed by atoms with Crippen LogP contribution in [0.1, 0.15) is 79.6 Å². The van der Waals surface area contributed by atoms with Crippen molar-refractivity contribution < 1.29 is 31.6 Å². The van der Waals surface area contributed by atoms with Crippen molar-refractivity contribution in [2.75, 3.05) is 0 Å². The second-order valence-electron chi connectivity index (χ2n) is 4.92. The van der Waals surface area contributed by atoms with Gasteiger partial charge in [-0.2, -0.15) is 0 Å². The first-order chi connectivity index (χ1) is 8.47. The third kappa shape index (κ3) is 5.60. The Morgan fingerprint density at radius 2 is 1.33 bits per heavy atom. The molecule has 2 N–H and O–H groups in total. The molecule has 0 aliphatic heterocycles. The molecule has 0 spiro atoms. The van der Waals surface area contributed by atoms with Crippen LogP contribution in [0.4, 0.5) is 0 Å². The first kappa shape index (κ1) is 20.7. The molecular weight excluding hydrogens is 264 g/mol. The molecule has 0 atom stereocenters. The maximum atomic E-state index is 10.8. The summed E-state index contributed by atoms with van der Waals surface area (Å²) >= 11 is -1.75. The molecule has 0 radical (unpaired) electrons. The van der Waals surface area contributed by atoms with E-state index >= 15 is 0 Å². The molecule has 0 aromatic carbocycles. The van der Waals surface area contributed by atoms with Crippen LogP contribution in [-0.2, 0) is 22.8 Å². The molecule has 0 aromatic heterocycles. The Balaban J connectivity index is 0. The van der Waals surface area contributed by atoms with Gasteiger partial charge in [-0.15, -0.1) is 0 Å². The van der Waals surface area contributed by atoms with E-state index in [-0.39, 0.29) is 5.41 Å². The molecule has 18 heavy (non-hydrogen) atoms. The van der Waals surface area contributed by atoms with Crippen molar-refractivity contribution in [2.24, 2.45) is 5.41 Å². The van der Waals surface area contributed by atoms with E-state index in [1.54, 1.807) is 0 Å². The molecule has 0 saturated heterocycles. The molecule has 0 heterocycles. The van der Waals surface area contributed by atoms with Crippen molar-refractivity contribution in [3.05, 3.63) is 0 Å². The summed E-state index contributed by atoms with van der Waals surface area (Å²) in [6, 6.07) is 0. The molecular formula is C14H31O3Ti. The molecule has 109 valence electrons. The molecule has 0 bridgehead atoms. The molecule has 0 fully saturated rings. The van der Waals surface area contributed by atoms with Gasteiger partial charge in [0.1, 0.15) is 0 Å². The third-order valence-electron chi connectivity index (χ3n) is 4.52. The van der Waals surface area contributed by atoms with Crippen LogP contribution in [0.3, 0.4) is 0 Å². The molecule has 0 aliphatic rings. The maximum absolute atomic E-state index is 10.8. The molecule has 0 aliphatic carbocycles. The van der Waals surface area contributed by atoms with Crippen LogP contribution in [0, 0.1) is 5.41 Å². The Morgan fingerprint density at radius 3 is 1.56 bits per heavy atom. The van der Waals surface area contributed by atoms with Gasteiger partial charge in [-0.3, -0.25) is 0 Å². The number of hydrogen-bond acceptors (Lipinski definition) is 2. The van der Waals surface area contributed by atoms with Gasteiger partial charge in [0.25, 0.3) is 0 Å². The average Bonchev–Trinajstić information content (AvgIpc) is 2.40. The van der Waals surface area contributed by atoms with Gasteiger partial charge in [-0.05, 0) is 37.5 Å². The number of hydrogen-bond donors (Lipinski definition) is 2. The van der Waals surface area contributed by atoms with E-state index in [0.29, 0.717) is 0 Å². The zero-order valence-electron chi connectivity index (χ0n) is 12.8. The van der Waals surface area contributed by atoms with E-state index in [0.717, 1.165) is 25.7 Å². The van der Waals surface area contributed by atoms with Crippen LogP contribution in [-0.4, -0.2) is 14.4 Å². The average molecular weight is 295 g/mol. The van der Waals surface area contributed by atoms with E-state index < -0.39 is 25.1 Å². The van der Waals surface area contributed by atoms with E-state index in [2.05, 4.69) is 34.6 Å². The van der Waals surface area contributed by atoms with Gasteiger partial charge in [0.05, 0.1) is 5.60 Å². The van der Waals surface area contributed by atoms with Crippen LogP contribution in [0.15, 0.2) is 0 Å². The predicted octanol–water partition coefficient (Wildman–Crippen LogP) is 3.86. The van der Waals surface area contributed by atoms with Crippen LogP contribution in [0.5, 0.6) is 0 Å². The third-order valence-corrected chi connectivity index (χ3v) is 4.52. The molecule has 3 nitrogen and oxygen atoms in total. The number of rotatable bonds is 8. The first-order valence-electron chi connectivity index (χ1n) is 7.20. The normalized spacial score (nSPS) is 11.5. The summed E-state index contributed by atoms with van der Waals surface area (Å²) in [6.45, 7) is 10.9. The molecule has 0 saturated carbocycles. The van der Waals surface area contributed by atoms with Crippen LogP contribution in [0.2, 0.25) is 0 Å². The molecule has 0 unspecified atom stereocenters. The van der Waals surface area contributed by atoms with Gasteiger partial charge < -0.3 is 5.11 Å². The first-order valence-corrected chi connectivity index (χ1v) is 8.54. The van der Waals surface area contributed by atoms with Crippen LogP contribution >= 0.6 is 0 Å². The molecule has 0 rings (SSSR count). The Labute approximate surface area is 122 Å². The minimum atomic E-state index is -1.75. The van der Waals surface area contributed by atoms with Crippen LogP contribution < -0.4 is 0 Å². The summed E-state index contributed by atoms with van der Waals surface area (Å²) in [5.41, 5.74) is -0.307. The number of aliphatic hydroxyl groups is 1. The minimum absolute atomic E-state index is 0.145. The van der Waals surface area contributed by atoms with E-state index in [9.17, 15) is 5.11 Å². The van der Waals surface area contributed by atoms with Crippen molar-refractivity contribution in [3.8, 4) is 0 Å². The van der Waals surface area contributed by atoms with E-state index in [4.69, 9.17) is 7.01 Å². The topological polar surface area (TPSA) is 57.5 Å². The van der Waals surface area contributed by atoms with Crippen molar-refractivity contribution in [3.63, 3.8) is 0 Å². The van der Waals surface area contributed by atoms with Crippen molar-refractivity contribution in [1.82, 2.24) is 0 Å². The van der Waals surface area contributed by atoms with Gasteiger partial charge in [0.15, 0.2) is 0 Å². The molecule has 4 heteroatoms. The van der Waals surface area contributed by atoms with Gasteiger partial charge in [0.2, 0.25) is 0 Å². The fourth-order valence-corrected chi connectivity index (χ4v) is 3.01. The Morgan fingerprint density at radius 1 is 0.944 bits per heavy atom. The predicted molar refractivity (Wildman–Crippen MR) is 71.0 cm³/mol. The van der Waals surface area contributed by atoms with Crippen LogP contribution in [0.25, 0.3) is 0 Å². The summed E-state index contributed by atoms with van der Waals surface area (Å²) in [6.07, 6.45) is 7.61. The summed E-state index contributed by atoms with van der Waals surface area (Å²) < 4.78 is 15.8. The monoisotopic (exact) mass is 295 g/mol. The van der Waals surface area contributed by atoms with Gasteiger partial charge in [-0.25, -0.2) is 0 Å². The summed E-state index contributed by atoms with van der Waals surface area (Å²) in [4.78, 5) is 0. The van der Waals surface area contributed by atoms with E-state index in [1.165, 1.54) is 19.3 Å². The standard InChI is InChI=1S/C14H30O.H2O.O.Ti/c1-6-11-12-13(7-2,8-3)14(15,9-4)10-5;;;/h15H,6-12H2,1-5H3;1H2;;/q;;;+1/p-1. The second-order valence-corrected chi connectivity index (χ2v) is 5.21. The second kappa shape index (κ2) is 11.3. The van der Waals surface area contributed by atoms with Gasteiger partial charge in [0, 0.05) is 0 Å². The SMILES string of the molecule is CCCCC(CC)(CC)C(O)(CC)CC.[O]=[Ti][OH]. The van der Waals surface area contributed by atoms with Crippen molar-refractivity contribution in [1.29, 1.82) is 0 Å². The fraction of sp³-hybridized carbons (Fsp3) is 1.00. The molecule has 0 amide bonds. The number of unbranched alkanes of at least 4 members (excludes halogenated alkanes) is 1.